The Bertz CT molecular complexity index is 914. The van der Waals surface area contributed by atoms with Crippen molar-refractivity contribution in [2.24, 2.45) is 5.92 Å². The molecule has 1 saturated heterocycles. The van der Waals surface area contributed by atoms with Crippen LogP contribution in [0.4, 0.5) is 0 Å². The van der Waals surface area contributed by atoms with Crippen LogP contribution in [0.3, 0.4) is 0 Å². The molecular formula is C22H25N3OS. The monoisotopic (exact) mass is 379 g/mol. The fraction of sp³-hybridized carbons (Fsp3) is 0.364. The minimum Gasteiger partial charge on any atom is -0.352 e. The minimum absolute atomic E-state index is 0.128. The SMILES string of the molecule is Cc1ccc2sc(CN3CCC(C(=O)NCc4ccccc4)CC3)nc2c1. The van der Waals surface area contributed by atoms with E-state index in [1.807, 2.05) is 30.3 Å². The van der Waals surface area contributed by atoms with Crippen LogP contribution in [0.5, 0.6) is 0 Å². The average Bonchev–Trinajstić information content (AvgIpc) is 3.09. The number of benzene rings is 2. The van der Waals surface area contributed by atoms with E-state index in [-0.39, 0.29) is 11.8 Å². The highest BCUT2D eigenvalue weighted by atomic mass is 32.1. The summed E-state index contributed by atoms with van der Waals surface area (Å²) in [5.41, 5.74) is 3.50. The number of aryl methyl sites for hydroxylation is 1. The lowest BCUT2D eigenvalue weighted by Gasteiger charge is -2.30. The fourth-order valence-electron chi connectivity index (χ4n) is 3.63. The van der Waals surface area contributed by atoms with Crippen molar-refractivity contribution >= 4 is 27.5 Å². The fourth-order valence-corrected chi connectivity index (χ4v) is 4.62. The molecule has 0 atom stereocenters. The molecule has 0 spiro atoms. The van der Waals surface area contributed by atoms with E-state index in [0.29, 0.717) is 6.54 Å². The topological polar surface area (TPSA) is 45.2 Å². The van der Waals surface area contributed by atoms with Gasteiger partial charge in [-0.2, -0.15) is 0 Å². The van der Waals surface area contributed by atoms with Gasteiger partial charge in [0.25, 0.3) is 0 Å². The molecule has 1 N–H and O–H groups in total. The second kappa shape index (κ2) is 8.19. The number of carbonyl (C=O) groups is 1. The van der Waals surface area contributed by atoms with Gasteiger partial charge >= 0.3 is 0 Å². The first kappa shape index (κ1) is 18.1. The van der Waals surface area contributed by atoms with Crippen molar-refractivity contribution < 1.29 is 4.79 Å². The maximum Gasteiger partial charge on any atom is 0.223 e. The molecule has 1 aliphatic rings. The summed E-state index contributed by atoms with van der Waals surface area (Å²) in [7, 11) is 0. The number of hydrogen-bond acceptors (Lipinski definition) is 4. The minimum atomic E-state index is 0.128. The highest BCUT2D eigenvalue weighted by Crippen LogP contribution is 2.26. The van der Waals surface area contributed by atoms with E-state index in [1.165, 1.54) is 15.3 Å². The van der Waals surface area contributed by atoms with Crippen LogP contribution >= 0.6 is 11.3 Å². The van der Waals surface area contributed by atoms with Gasteiger partial charge in [-0.05, 0) is 56.1 Å². The number of nitrogens with one attached hydrogen (secondary N) is 1. The van der Waals surface area contributed by atoms with E-state index in [0.717, 1.165) is 43.6 Å². The highest BCUT2D eigenvalue weighted by Gasteiger charge is 2.25. The van der Waals surface area contributed by atoms with Crippen molar-refractivity contribution in [1.82, 2.24) is 15.2 Å². The van der Waals surface area contributed by atoms with E-state index < -0.39 is 0 Å². The van der Waals surface area contributed by atoms with Gasteiger partial charge < -0.3 is 5.32 Å². The summed E-state index contributed by atoms with van der Waals surface area (Å²) >= 11 is 1.78. The standard InChI is InChI=1S/C22H25N3OS/c1-16-7-8-20-19(13-16)24-21(27-20)15-25-11-9-18(10-12-25)22(26)23-14-17-5-3-2-4-6-17/h2-8,13,18H,9-12,14-15H2,1H3,(H,23,26). The first-order chi connectivity index (χ1) is 13.2. The smallest absolute Gasteiger partial charge is 0.223 e. The lowest BCUT2D eigenvalue weighted by atomic mass is 9.96. The number of aromatic nitrogens is 1. The second-order valence-corrected chi connectivity index (χ2v) is 8.45. The van der Waals surface area contributed by atoms with Gasteiger partial charge in [-0.25, -0.2) is 4.98 Å². The van der Waals surface area contributed by atoms with Gasteiger partial charge in [0.15, 0.2) is 0 Å². The third-order valence-electron chi connectivity index (χ3n) is 5.21. The first-order valence-corrected chi connectivity index (χ1v) is 10.4. The average molecular weight is 380 g/mol. The zero-order valence-corrected chi connectivity index (χ0v) is 16.5. The summed E-state index contributed by atoms with van der Waals surface area (Å²) in [4.78, 5) is 19.7. The molecule has 0 unspecified atom stereocenters. The van der Waals surface area contributed by atoms with Crippen molar-refractivity contribution in [2.45, 2.75) is 32.9 Å². The van der Waals surface area contributed by atoms with Crippen LogP contribution in [0, 0.1) is 12.8 Å². The molecule has 1 aliphatic heterocycles. The Morgan fingerprint density at radius 3 is 2.74 bits per heavy atom. The number of fused-ring (bicyclic) bond motifs is 1. The number of nitrogens with zero attached hydrogens (tertiary/aromatic N) is 2. The molecular weight excluding hydrogens is 354 g/mol. The first-order valence-electron chi connectivity index (χ1n) is 9.57. The summed E-state index contributed by atoms with van der Waals surface area (Å²) in [5, 5.41) is 4.26. The van der Waals surface area contributed by atoms with Crippen LogP contribution < -0.4 is 5.32 Å². The summed E-state index contributed by atoms with van der Waals surface area (Å²) in [6, 6.07) is 16.5. The van der Waals surface area contributed by atoms with E-state index in [4.69, 9.17) is 4.98 Å². The number of carbonyl (C=O) groups excluding carboxylic acids is 1. The quantitative estimate of drug-likeness (QED) is 0.725. The van der Waals surface area contributed by atoms with Crippen molar-refractivity contribution in [3.63, 3.8) is 0 Å². The van der Waals surface area contributed by atoms with Gasteiger partial charge in [-0.1, -0.05) is 36.4 Å². The van der Waals surface area contributed by atoms with Gasteiger partial charge in [0.1, 0.15) is 5.01 Å². The number of rotatable bonds is 5. The largest absolute Gasteiger partial charge is 0.352 e. The second-order valence-electron chi connectivity index (χ2n) is 7.33. The van der Waals surface area contributed by atoms with Crippen LogP contribution in [0.25, 0.3) is 10.2 Å². The normalized spacial score (nSPS) is 15.9. The molecule has 3 aromatic rings. The van der Waals surface area contributed by atoms with Crippen LogP contribution in [-0.4, -0.2) is 28.9 Å². The Kier molecular flexibility index (Phi) is 5.50. The molecule has 1 aromatic heterocycles. The van der Waals surface area contributed by atoms with E-state index in [2.05, 4.69) is 35.3 Å². The highest BCUT2D eigenvalue weighted by molar-refractivity contribution is 7.18. The summed E-state index contributed by atoms with van der Waals surface area (Å²) in [6.45, 7) is 5.52. The van der Waals surface area contributed by atoms with Gasteiger partial charge in [0.2, 0.25) is 5.91 Å². The third kappa shape index (κ3) is 4.54. The van der Waals surface area contributed by atoms with Gasteiger partial charge in [0.05, 0.1) is 16.8 Å². The van der Waals surface area contributed by atoms with Crippen molar-refractivity contribution in [2.75, 3.05) is 13.1 Å². The molecule has 0 radical (unpaired) electrons. The Morgan fingerprint density at radius 1 is 1.19 bits per heavy atom. The molecule has 4 nitrogen and oxygen atoms in total. The number of likely N-dealkylation sites (tertiary alicyclic amines) is 1. The Balaban J connectivity index is 1.27. The molecule has 0 aliphatic carbocycles. The van der Waals surface area contributed by atoms with E-state index in [1.54, 1.807) is 11.3 Å². The number of piperidine rings is 1. The van der Waals surface area contributed by atoms with Crippen LogP contribution in [0.2, 0.25) is 0 Å². The molecule has 2 aromatic carbocycles. The van der Waals surface area contributed by atoms with Gasteiger partial charge in [-0.15, -0.1) is 11.3 Å². The maximum atomic E-state index is 12.4. The maximum absolute atomic E-state index is 12.4. The summed E-state index contributed by atoms with van der Waals surface area (Å²) in [6.07, 6.45) is 1.84. The molecule has 1 fully saturated rings. The Morgan fingerprint density at radius 2 is 1.96 bits per heavy atom. The predicted octanol–water partition coefficient (Wildman–Crippen LogP) is 4.13. The lowest BCUT2D eigenvalue weighted by Crippen LogP contribution is -2.40. The molecule has 27 heavy (non-hydrogen) atoms. The van der Waals surface area contributed by atoms with Crippen LogP contribution in [0.1, 0.15) is 29.0 Å². The zero-order chi connectivity index (χ0) is 18.6. The lowest BCUT2D eigenvalue weighted by molar-refractivity contribution is -0.126. The number of thiazole rings is 1. The molecule has 0 bridgehead atoms. The molecule has 0 saturated carbocycles. The summed E-state index contributed by atoms with van der Waals surface area (Å²) in [5.74, 6) is 0.317. The van der Waals surface area contributed by atoms with Crippen molar-refractivity contribution in [1.29, 1.82) is 0 Å². The van der Waals surface area contributed by atoms with Crippen molar-refractivity contribution in [3.8, 4) is 0 Å². The predicted molar refractivity (Wildman–Crippen MR) is 111 cm³/mol. The van der Waals surface area contributed by atoms with E-state index >= 15 is 0 Å². The Hall–Kier alpha value is -2.24. The van der Waals surface area contributed by atoms with Crippen LogP contribution in [0.15, 0.2) is 48.5 Å². The van der Waals surface area contributed by atoms with Crippen LogP contribution in [-0.2, 0) is 17.9 Å². The third-order valence-corrected chi connectivity index (χ3v) is 6.24. The number of amides is 1. The van der Waals surface area contributed by atoms with E-state index in [9.17, 15) is 4.79 Å². The van der Waals surface area contributed by atoms with Crippen molar-refractivity contribution in [3.05, 3.63) is 64.7 Å². The molecule has 1 amide bonds. The Labute approximate surface area is 164 Å². The van der Waals surface area contributed by atoms with Gasteiger partial charge in [0, 0.05) is 12.5 Å². The summed E-state index contributed by atoms with van der Waals surface area (Å²) < 4.78 is 1.26. The number of hydrogen-bond donors (Lipinski definition) is 1. The molecule has 5 heteroatoms. The van der Waals surface area contributed by atoms with Gasteiger partial charge in [-0.3, -0.25) is 9.69 Å². The zero-order valence-electron chi connectivity index (χ0n) is 15.6. The molecule has 140 valence electrons. The molecule has 2 heterocycles. The molecule has 4 rings (SSSR count).